The van der Waals surface area contributed by atoms with Gasteiger partial charge in [0.25, 0.3) is 0 Å². The lowest BCUT2D eigenvalue weighted by Gasteiger charge is -2.25. The number of nitrogens with zero attached hydrogens (tertiary/aromatic N) is 1. The molecule has 2 nitrogen and oxygen atoms in total. The third kappa shape index (κ3) is 3.87. The van der Waals surface area contributed by atoms with E-state index in [-0.39, 0.29) is 6.04 Å². The predicted molar refractivity (Wildman–Crippen MR) is 92.5 cm³/mol. The van der Waals surface area contributed by atoms with Crippen molar-refractivity contribution in [3.05, 3.63) is 39.6 Å². The molecule has 0 aliphatic carbocycles. The SMILES string of the molecule is C/C=[N+](\[O-])[C@@H](C)c1c(C(C)C)cc(C(C)C)cc1C(C)C. The second kappa shape index (κ2) is 7.11. The minimum atomic E-state index is -0.133. The van der Waals surface area contributed by atoms with Crippen LogP contribution in [0.15, 0.2) is 12.1 Å². The molecule has 0 aliphatic rings. The summed E-state index contributed by atoms with van der Waals surface area (Å²) in [5, 5.41) is 12.1. The Labute approximate surface area is 130 Å². The van der Waals surface area contributed by atoms with Crippen LogP contribution < -0.4 is 0 Å². The van der Waals surface area contributed by atoms with Crippen molar-refractivity contribution in [2.45, 2.75) is 79.2 Å². The maximum Gasteiger partial charge on any atom is 0.185 e. The summed E-state index contributed by atoms with van der Waals surface area (Å²) in [5.74, 6) is 1.35. The van der Waals surface area contributed by atoms with Gasteiger partial charge in [-0.15, -0.1) is 0 Å². The van der Waals surface area contributed by atoms with E-state index in [1.54, 1.807) is 13.1 Å². The van der Waals surface area contributed by atoms with Gasteiger partial charge in [0.1, 0.15) is 6.21 Å². The molecule has 1 atom stereocenters. The summed E-state index contributed by atoms with van der Waals surface area (Å²) in [6.07, 6.45) is 1.62. The Kier molecular flexibility index (Phi) is 6.00. The molecular weight excluding hydrogens is 258 g/mol. The minimum Gasteiger partial charge on any atom is -0.624 e. The largest absolute Gasteiger partial charge is 0.624 e. The summed E-state index contributed by atoms with van der Waals surface area (Å²) in [5.41, 5.74) is 5.23. The molecule has 1 aromatic rings. The van der Waals surface area contributed by atoms with E-state index in [0.717, 1.165) is 4.74 Å². The number of hydroxylamine groups is 1. The van der Waals surface area contributed by atoms with Gasteiger partial charge < -0.3 is 5.21 Å². The van der Waals surface area contributed by atoms with Crippen molar-refractivity contribution in [2.24, 2.45) is 0 Å². The van der Waals surface area contributed by atoms with Gasteiger partial charge in [0, 0.05) is 19.4 Å². The summed E-state index contributed by atoms with van der Waals surface area (Å²) in [6, 6.07) is 4.47. The summed E-state index contributed by atoms with van der Waals surface area (Å²) in [6.45, 7) is 17.1. The van der Waals surface area contributed by atoms with Crippen molar-refractivity contribution in [3.8, 4) is 0 Å². The van der Waals surface area contributed by atoms with E-state index in [2.05, 4.69) is 53.7 Å². The van der Waals surface area contributed by atoms with Crippen molar-refractivity contribution in [1.82, 2.24) is 0 Å². The molecule has 0 aliphatic heterocycles. The lowest BCUT2D eigenvalue weighted by molar-refractivity contribution is -0.499. The number of hydrogen-bond acceptors (Lipinski definition) is 1. The minimum absolute atomic E-state index is 0.133. The standard InChI is InChI=1S/C19H31NO/c1-9-20(21)15(8)19-17(13(4)5)10-16(12(2)3)11-18(19)14(6)7/h9-15H,1-8H3/b20-9-/t15-/m0/s1. The second-order valence-electron chi connectivity index (χ2n) is 6.87. The van der Waals surface area contributed by atoms with E-state index in [4.69, 9.17) is 0 Å². The first-order chi connectivity index (χ1) is 9.70. The van der Waals surface area contributed by atoms with Gasteiger partial charge in [0.2, 0.25) is 0 Å². The van der Waals surface area contributed by atoms with Crippen molar-refractivity contribution < 1.29 is 4.74 Å². The Balaban J connectivity index is 3.65. The van der Waals surface area contributed by atoms with Crippen LogP contribution in [0, 0.1) is 5.21 Å². The Morgan fingerprint density at radius 2 is 1.29 bits per heavy atom. The smallest absolute Gasteiger partial charge is 0.185 e. The summed E-state index contributed by atoms with van der Waals surface area (Å²) in [7, 11) is 0. The third-order valence-electron chi connectivity index (χ3n) is 4.23. The molecular formula is C19H31NO. The molecule has 21 heavy (non-hydrogen) atoms. The summed E-state index contributed by atoms with van der Waals surface area (Å²) in [4.78, 5) is 0. The molecule has 0 aromatic heterocycles. The lowest BCUT2D eigenvalue weighted by atomic mass is 9.82. The van der Waals surface area contributed by atoms with Gasteiger partial charge >= 0.3 is 0 Å². The van der Waals surface area contributed by atoms with E-state index in [9.17, 15) is 5.21 Å². The monoisotopic (exact) mass is 289 g/mol. The van der Waals surface area contributed by atoms with Crippen molar-refractivity contribution in [3.63, 3.8) is 0 Å². The van der Waals surface area contributed by atoms with Crippen molar-refractivity contribution in [2.75, 3.05) is 0 Å². The molecule has 1 aromatic carbocycles. The predicted octanol–water partition coefficient (Wildman–Crippen LogP) is 5.72. The van der Waals surface area contributed by atoms with E-state index in [1.165, 1.54) is 22.3 Å². The molecule has 0 heterocycles. The average molecular weight is 289 g/mol. The first kappa shape index (κ1) is 17.7. The fourth-order valence-corrected chi connectivity index (χ4v) is 2.84. The van der Waals surface area contributed by atoms with Gasteiger partial charge in [-0.2, -0.15) is 0 Å². The maximum atomic E-state index is 12.1. The highest BCUT2D eigenvalue weighted by Gasteiger charge is 2.24. The third-order valence-corrected chi connectivity index (χ3v) is 4.23. The van der Waals surface area contributed by atoms with Gasteiger partial charge in [-0.25, -0.2) is 4.74 Å². The maximum absolute atomic E-state index is 12.1. The van der Waals surface area contributed by atoms with Crippen LogP contribution in [-0.4, -0.2) is 11.0 Å². The fourth-order valence-electron chi connectivity index (χ4n) is 2.84. The quantitative estimate of drug-likeness (QED) is 0.295. The van der Waals surface area contributed by atoms with Gasteiger partial charge in [-0.05, 0) is 34.4 Å². The Morgan fingerprint density at radius 1 is 0.857 bits per heavy atom. The molecule has 0 saturated carbocycles. The second-order valence-corrected chi connectivity index (χ2v) is 6.87. The van der Waals surface area contributed by atoms with Gasteiger partial charge in [0.05, 0.1) is 0 Å². The highest BCUT2D eigenvalue weighted by atomic mass is 16.5. The van der Waals surface area contributed by atoms with Crippen LogP contribution >= 0.6 is 0 Å². The van der Waals surface area contributed by atoms with Crippen molar-refractivity contribution in [1.29, 1.82) is 0 Å². The molecule has 0 N–H and O–H groups in total. The van der Waals surface area contributed by atoms with Crippen LogP contribution in [0.5, 0.6) is 0 Å². The lowest BCUT2D eigenvalue weighted by Crippen LogP contribution is -2.16. The summed E-state index contributed by atoms with van der Waals surface area (Å²) >= 11 is 0. The van der Waals surface area contributed by atoms with Gasteiger partial charge in [-0.3, -0.25) is 0 Å². The van der Waals surface area contributed by atoms with E-state index < -0.39 is 0 Å². The zero-order valence-corrected chi connectivity index (χ0v) is 14.9. The molecule has 0 saturated heterocycles. The highest BCUT2D eigenvalue weighted by Crippen LogP contribution is 2.36. The zero-order valence-electron chi connectivity index (χ0n) is 14.9. The van der Waals surface area contributed by atoms with Crippen LogP contribution in [0.4, 0.5) is 0 Å². The van der Waals surface area contributed by atoms with Crippen molar-refractivity contribution >= 4 is 6.21 Å². The molecule has 0 amide bonds. The number of benzene rings is 1. The molecule has 0 radical (unpaired) electrons. The van der Waals surface area contributed by atoms with E-state index in [1.807, 2.05) is 6.92 Å². The highest BCUT2D eigenvalue weighted by molar-refractivity contribution is 5.49. The van der Waals surface area contributed by atoms with E-state index >= 15 is 0 Å². The summed E-state index contributed by atoms with van der Waals surface area (Å²) < 4.78 is 1.07. The average Bonchev–Trinajstić information content (AvgIpc) is 2.43. The number of hydrogen-bond donors (Lipinski definition) is 0. The first-order valence-electron chi connectivity index (χ1n) is 8.13. The Bertz CT molecular complexity index is 483. The van der Waals surface area contributed by atoms with Gasteiger partial charge in [-0.1, -0.05) is 53.7 Å². The van der Waals surface area contributed by atoms with Crippen LogP contribution in [0.3, 0.4) is 0 Å². The normalized spacial score (nSPS) is 14.3. The topological polar surface area (TPSA) is 26.1 Å². The van der Waals surface area contributed by atoms with Crippen LogP contribution in [0.1, 0.15) is 101 Å². The molecule has 0 spiro atoms. The van der Waals surface area contributed by atoms with E-state index in [0.29, 0.717) is 17.8 Å². The zero-order chi connectivity index (χ0) is 16.3. The molecule has 0 fully saturated rings. The number of rotatable bonds is 5. The molecule has 0 unspecified atom stereocenters. The molecule has 1 rings (SSSR count). The Morgan fingerprint density at radius 3 is 1.57 bits per heavy atom. The molecule has 2 heteroatoms. The van der Waals surface area contributed by atoms with Crippen LogP contribution in [0.25, 0.3) is 0 Å². The molecule has 0 bridgehead atoms. The fraction of sp³-hybridized carbons (Fsp3) is 0.632. The molecule has 118 valence electrons. The van der Waals surface area contributed by atoms with Crippen LogP contribution in [-0.2, 0) is 0 Å². The Hall–Kier alpha value is -1.31. The first-order valence-corrected chi connectivity index (χ1v) is 8.13. The van der Waals surface area contributed by atoms with Crippen LogP contribution in [0.2, 0.25) is 0 Å². The van der Waals surface area contributed by atoms with Gasteiger partial charge in [0.15, 0.2) is 6.04 Å².